The molecule has 0 aliphatic carbocycles. The van der Waals surface area contributed by atoms with Crippen molar-refractivity contribution in [1.82, 2.24) is 4.31 Å². The lowest BCUT2D eigenvalue weighted by molar-refractivity contribution is -0.143. The second kappa shape index (κ2) is 10.0. The Labute approximate surface area is 155 Å². The number of hydrogen-bond acceptors (Lipinski definition) is 6. The van der Waals surface area contributed by atoms with Crippen LogP contribution in [0.25, 0.3) is 0 Å². The molecule has 1 aromatic carbocycles. The highest BCUT2D eigenvalue weighted by molar-refractivity contribution is 7.89. The number of aliphatic imine (C=N–C) groups is 1. The number of nitriles is 1. The highest BCUT2D eigenvalue weighted by atomic mass is 32.2. The molecule has 0 radical (unpaired) electrons. The van der Waals surface area contributed by atoms with E-state index in [0.29, 0.717) is 13.1 Å². The Balaban J connectivity index is 2.93. The number of benzene rings is 1. The summed E-state index contributed by atoms with van der Waals surface area (Å²) in [6, 6.07) is 7.97. The van der Waals surface area contributed by atoms with Gasteiger partial charge in [-0.25, -0.2) is 8.42 Å². The molecule has 0 amide bonds. The van der Waals surface area contributed by atoms with Gasteiger partial charge in [-0.3, -0.25) is 9.79 Å². The first-order valence-electron chi connectivity index (χ1n) is 8.51. The zero-order valence-corrected chi connectivity index (χ0v) is 16.4. The van der Waals surface area contributed by atoms with E-state index < -0.39 is 21.9 Å². The molecule has 0 saturated heterocycles. The lowest BCUT2D eigenvalue weighted by Crippen LogP contribution is -2.30. The summed E-state index contributed by atoms with van der Waals surface area (Å²) in [6.45, 7) is 8.06. The highest BCUT2D eigenvalue weighted by Crippen LogP contribution is 2.21. The molecule has 0 heterocycles. The Morgan fingerprint density at radius 3 is 2.31 bits per heavy atom. The fourth-order valence-electron chi connectivity index (χ4n) is 2.31. The molecule has 26 heavy (non-hydrogen) atoms. The van der Waals surface area contributed by atoms with Crippen LogP contribution in [0.1, 0.15) is 39.3 Å². The normalized spacial score (nSPS) is 14.2. The van der Waals surface area contributed by atoms with Gasteiger partial charge in [0.1, 0.15) is 0 Å². The highest BCUT2D eigenvalue weighted by Gasteiger charge is 2.21. The Morgan fingerprint density at radius 1 is 1.27 bits per heavy atom. The summed E-state index contributed by atoms with van der Waals surface area (Å²) in [4.78, 5) is 16.0. The van der Waals surface area contributed by atoms with E-state index in [-0.39, 0.29) is 17.5 Å². The molecule has 0 aliphatic heterocycles. The van der Waals surface area contributed by atoms with Crippen LogP contribution in [0.2, 0.25) is 0 Å². The van der Waals surface area contributed by atoms with Gasteiger partial charge >= 0.3 is 5.97 Å². The molecule has 1 aromatic rings. The molecule has 0 spiro atoms. The smallest absolute Gasteiger partial charge is 0.328 e. The van der Waals surface area contributed by atoms with Crippen LogP contribution >= 0.6 is 0 Å². The third-order valence-electron chi connectivity index (χ3n) is 3.84. The van der Waals surface area contributed by atoms with E-state index in [1.807, 2.05) is 6.07 Å². The van der Waals surface area contributed by atoms with Crippen LogP contribution in [-0.2, 0) is 19.6 Å². The first-order valence-corrected chi connectivity index (χ1v) is 9.95. The Hall–Kier alpha value is -2.24. The van der Waals surface area contributed by atoms with Crippen molar-refractivity contribution >= 4 is 22.2 Å². The first-order chi connectivity index (χ1) is 12.3. The van der Waals surface area contributed by atoms with Gasteiger partial charge < -0.3 is 4.74 Å². The number of ether oxygens (including phenoxy) is 1. The van der Waals surface area contributed by atoms with Crippen LogP contribution < -0.4 is 0 Å². The second-order valence-electron chi connectivity index (χ2n) is 5.49. The van der Waals surface area contributed by atoms with Gasteiger partial charge in [0.05, 0.1) is 23.6 Å². The first kappa shape index (κ1) is 21.8. The maximum absolute atomic E-state index is 12.5. The Bertz CT molecular complexity index is 763. The van der Waals surface area contributed by atoms with Gasteiger partial charge in [0.2, 0.25) is 10.0 Å². The largest absolute Gasteiger partial charge is 0.465 e. The van der Waals surface area contributed by atoms with Crippen LogP contribution in [-0.4, -0.2) is 44.6 Å². The lowest BCUT2D eigenvalue weighted by Gasteiger charge is -2.18. The van der Waals surface area contributed by atoms with Crippen molar-refractivity contribution in [3.8, 4) is 6.07 Å². The number of carbonyl (C=O) groups is 1. The number of esters is 1. The molecule has 0 aliphatic rings. The summed E-state index contributed by atoms with van der Waals surface area (Å²) in [5, 5.41) is 9.02. The average molecular weight is 379 g/mol. The quantitative estimate of drug-likeness (QED) is 0.485. The van der Waals surface area contributed by atoms with Gasteiger partial charge in [-0.05, 0) is 31.5 Å². The molecule has 0 fully saturated rings. The maximum atomic E-state index is 12.5. The maximum Gasteiger partial charge on any atom is 0.328 e. The predicted octanol–water partition coefficient (Wildman–Crippen LogP) is 2.55. The molecule has 0 bridgehead atoms. The van der Waals surface area contributed by atoms with E-state index in [9.17, 15) is 13.2 Å². The van der Waals surface area contributed by atoms with E-state index in [2.05, 4.69) is 4.99 Å². The van der Waals surface area contributed by atoms with Crippen molar-refractivity contribution in [2.24, 2.45) is 10.9 Å². The molecule has 2 atom stereocenters. The Kier molecular flexibility index (Phi) is 8.42. The minimum Gasteiger partial charge on any atom is -0.465 e. The predicted molar refractivity (Wildman–Crippen MR) is 99.2 cm³/mol. The molecule has 0 aromatic heterocycles. The minimum atomic E-state index is -3.50. The average Bonchev–Trinajstić information content (AvgIpc) is 2.63. The topological polar surface area (TPSA) is 99.8 Å². The summed E-state index contributed by atoms with van der Waals surface area (Å²) in [7, 11) is -3.50. The van der Waals surface area contributed by atoms with Gasteiger partial charge in [-0.15, -0.1) is 0 Å². The van der Waals surface area contributed by atoms with E-state index in [4.69, 9.17) is 10.00 Å². The third kappa shape index (κ3) is 5.38. The summed E-state index contributed by atoms with van der Waals surface area (Å²) in [5.74, 6) is -1.69. The van der Waals surface area contributed by atoms with E-state index in [1.165, 1.54) is 10.5 Å². The SMILES string of the molecule is CCOC(=O)C(C#N)C=N[C@H](C)c1ccc(S(=O)(=O)N(CC)CC)cc1. The zero-order chi connectivity index (χ0) is 19.7. The second-order valence-corrected chi connectivity index (χ2v) is 7.43. The van der Waals surface area contributed by atoms with Crippen LogP contribution in [0.5, 0.6) is 0 Å². The van der Waals surface area contributed by atoms with E-state index in [0.717, 1.165) is 5.56 Å². The standard InChI is InChI=1S/C18H25N3O4S/c1-5-21(6-2)26(23,24)17-10-8-15(9-11-17)14(4)20-13-16(12-19)18(22)25-7-3/h8-11,13-14,16H,5-7H2,1-4H3/t14-,16?/m1/s1. The van der Waals surface area contributed by atoms with Crippen molar-refractivity contribution < 1.29 is 17.9 Å². The van der Waals surface area contributed by atoms with Gasteiger partial charge in [-0.2, -0.15) is 9.57 Å². The summed E-state index contributed by atoms with van der Waals surface area (Å²) < 4.78 is 31.1. The van der Waals surface area contributed by atoms with Gasteiger partial charge in [0, 0.05) is 19.3 Å². The van der Waals surface area contributed by atoms with Crippen LogP contribution in [0, 0.1) is 17.2 Å². The summed E-state index contributed by atoms with van der Waals surface area (Å²) >= 11 is 0. The molecule has 0 saturated carbocycles. The van der Waals surface area contributed by atoms with Crippen molar-refractivity contribution in [1.29, 1.82) is 5.26 Å². The third-order valence-corrected chi connectivity index (χ3v) is 5.91. The van der Waals surface area contributed by atoms with Crippen molar-refractivity contribution in [3.63, 3.8) is 0 Å². The number of rotatable bonds is 9. The van der Waals surface area contributed by atoms with Gasteiger partial charge in [0.15, 0.2) is 5.92 Å². The fourth-order valence-corrected chi connectivity index (χ4v) is 3.77. The molecular formula is C18H25N3O4S. The van der Waals surface area contributed by atoms with Crippen molar-refractivity contribution in [2.45, 2.75) is 38.6 Å². The van der Waals surface area contributed by atoms with Gasteiger partial charge in [-0.1, -0.05) is 26.0 Å². The van der Waals surface area contributed by atoms with E-state index >= 15 is 0 Å². The molecule has 7 nitrogen and oxygen atoms in total. The lowest BCUT2D eigenvalue weighted by atomic mass is 10.1. The van der Waals surface area contributed by atoms with Crippen molar-refractivity contribution in [3.05, 3.63) is 29.8 Å². The zero-order valence-electron chi connectivity index (χ0n) is 15.5. The van der Waals surface area contributed by atoms with E-state index in [1.54, 1.807) is 52.0 Å². The van der Waals surface area contributed by atoms with Crippen LogP contribution in [0.3, 0.4) is 0 Å². The molecule has 8 heteroatoms. The molecule has 142 valence electrons. The fraction of sp³-hybridized carbons (Fsp3) is 0.500. The molecular weight excluding hydrogens is 354 g/mol. The number of carbonyl (C=O) groups excluding carboxylic acids is 1. The number of sulfonamides is 1. The number of nitrogens with zero attached hydrogens (tertiary/aromatic N) is 3. The molecule has 1 unspecified atom stereocenters. The minimum absolute atomic E-state index is 0.197. The molecule has 0 N–H and O–H groups in total. The summed E-state index contributed by atoms with van der Waals surface area (Å²) in [6.07, 6.45) is 1.27. The van der Waals surface area contributed by atoms with Crippen LogP contribution in [0.15, 0.2) is 34.2 Å². The van der Waals surface area contributed by atoms with Gasteiger partial charge in [0.25, 0.3) is 0 Å². The summed E-state index contributed by atoms with van der Waals surface area (Å²) in [5.41, 5.74) is 0.778. The Morgan fingerprint density at radius 2 is 1.85 bits per heavy atom. The van der Waals surface area contributed by atoms with Crippen LogP contribution in [0.4, 0.5) is 0 Å². The van der Waals surface area contributed by atoms with Crippen molar-refractivity contribution in [2.75, 3.05) is 19.7 Å². The monoisotopic (exact) mass is 379 g/mol. The number of hydrogen-bond donors (Lipinski definition) is 0. The molecule has 1 rings (SSSR count).